The van der Waals surface area contributed by atoms with Crippen LogP contribution < -0.4 is 10.5 Å². The average molecular weight is 199 g/mol. The van der Waals surface area contributed by atoms with Crippen molar-refractivity contribution >= 4 is 0 Å². The molecule has 0 radical (unpaired) electrons. The van der Waals surface area contributed by atoms with Crippen LogP contribution in [0.5, 0.6) is 5.75 Å². The van der Waals surface area contributed by atoms with E-state index in [-0.39, 0.29) is 6.42 Å². The van der Waals surface area contributed by atoms with Crippen molar-refractivity contribution in [1.29, 1.82) is 0 Å². The van der Waals surface area contributed by atoms with Gasteiger partial charge < -0.3 is 10.5 Å². The molecule has 1 aliphatic rings. The highest BCUT2D eigenvalue weighted by molar-refractivity contribution is 5.40. The molecule has 0 heterocycles. The van der Waals surface area contributed by atoms with Crippen LogP contribution in [0, 0.1) is 0 Å². The van der Waals surface area contributed by atoms with Crippen LogP contribution in [0.3, 0.4) is 0 Å². The minimum atomic E-state index is -2.78. The fourth-order valence-electron chi connectivity index (χ4n) is 1.52. The van der Waals surface area contributed by atoms with Gasteiger partial charge in [-0.05, 0) is 17.7 Å². The molecule has 0 spiro atoms. The Labute approximate surface area is 80.7 Å². The van der Waals surface area contributed by atoms with Crippen LogP contribution in [0.2, 0.25) is 0 Å². The van der Waals surface area contributed by atoms with Crippen LogP contribution in [0.4, 0.5) is 8.78 Å². The van der Waals surface area contributed by atoms with E-state index in [0.717, 1.165) is 0 Å². The van der Waals surface area contributed by atoms with Gasteiger partial charge in [-0.2, -0.15) is 0 Å². The maximum Gasteiger partial charge on any atom is 0.272 e. The summed E-state index contributed by atoms with van der Waals surface area (Å²) >= 11 is 0. The van der Waals surface area contributed by atoms with Gasteiger partial charge in [-0.15, -0.1) is 0 Å². The van der Waals surface area contributed by atoms with Gasteiger partial charge in [0.2, 0.25) is 0 Å². The fourth-order valence-corrected chi connectivity index (χ4v) is 1.52. The fraction of sp³-hybridized carbons (Fsp3) is 0.400. The first kappa shape index (κ1) is 9.40. The van der Waals surface area contributed by atoms with Crippen molar-refractivity contribution in [1.82, 2.24) is 0 Å². The van der Waals surface area contributed by atoms with Crippen LogP contribution in [-0.2, 0) is 5.54 Å². The van der Waals surface area contributed by atoms with Crippen LogP contribution in [0.1, 0.15) is 12.0 Å². The molecule has 4 heteroatoms. The van der Waals surface area contributed by atoms with Gasteiger partial charge in [0.15, 0.2) is 0 Å². The summed E-state index contributed by atoms with van der Waals surface area (Å²) in [6.07, 6.45) is -0.285. The Kier molecular flexibility index (Phi) is 1.79. The molecule has 0 aliphatic heterocycles. The number of nitrogens with two attached hydrogens (primary N) is 1. The molecule has 0 bridgehead atoms. The number of rotatable bonds is 2. The van der Waals surface area contributed by atoms with Crippen LogP contribution in [0.15, 0.2) is 24.3 Å². The lowest BCUT2D eigenvalue weighted by molar-refractivity contribution is 0.0891. The topological polar surface area (TPSA) is 35.2 Å². The quantitative estimate of drug-likeness (QED) is 0.789. The molecule has 1 aromatic rings. The van der Waals surface area contributed by atoms with Gasteiger partial charge in [-0.3, -0.25) is 0 Å². The first-order chi connectivity index (χ1) is 6.49. The molecule has 76 valence electrons. The Balaban J connectivity index is 2.34. The minimum absolute atomic E-state index is 0.285. The van der Waals surface area contributed by atoms with Crippen LogP contribution in [0.25, 0.3) is 0 Å². The maximum absolute atomic E-state index is 12.9. The van der Waals surface area contributed by atoms with Crippen molar-refractivity contribution in [3.8, 4) is 5.75 Å². The molecule has 1 aliphatic carbocycles. The highest BCUT2D eigenvalue weighted by atomic mass is 19.3. The molecular formula is C10H11F2NO. The van der Waals surface area contributed by atoms with Gasteiger partial charge in [-0.25, -0.2) is 8.78 Å². The molecule has 0 saturated heterocycles. The second-order valence-corrected chi connectivity index (χ2v) is 3.58. The van der Waals surface area contributed by atoms with Crippen molar-refractivity contribution in [2.45, 2.75) is 17.9 Å². The minimum Gasteiger partial charge on any atom is -0.497 e. The van der Waals surface area contributed by atoms with E-state index in [1.54, 1.807) is 24.3 Å². The van der Waals surface area contributed by atoms with Gasteiger partial charge in [0, 0.05) is 6.42 Å². The highest BCUT2D eigenvalue weighted by Gasteiger charge is 2.69. The number of methoxy groups -OCH3 is 1. The number of alkyl halides is 2. The van der Waals surface area contributed by atoms with Crippen molar-refractivity contribution in [2.24, 2.45) is 5.73 Å². The molecule has 0 amide bonds. The predicted molar refractivity (Wildman–Crippen MR) is 48.4 cm³/mol. The molecule has 0 aromatic heterocycles. The number of benzene rings is 1. The summed E-state index contributed by atoms with van der Waals surface area (Å²) in [5.41, 5.74) is 4.51. The smallest absolute Gasteiger partial charge is 0.272 e. The summed E-state index contributed by atoms with van der Waals surface area (Å²) in [4.78, 5) is 0. The summed E-state index contributed by atoms with van der Waals surface area (Å²) in [6.45, 7) is 0. The molecule has 14 heavy (non-hydrogen) atoms. The number of hydrogen-bond acceptors (Lipinski definition) is 2. The van der Waals surface area contributed by atoms with E-state index in [0.29, 0.717) is 11.3 Å². The standard InChI is InChI=1S/C10H11F2NO/c1-14-8-4-2-3-7(5-8)9(13)6-10(9,11)12/h2-5H,6,13H2,1H3. The monoisotopic (exact) mass is 199 g/mol. The second kappa shape index (κ2) is 2.67. The molecular weight excluding hydrogens is 188 g/mol. The SMILES string of the molecule is COc1cccc(C2(N)CC2(F)F)c1. The lowest BCUT2D eigenvalue weighted by Crippen LogP contribution is -2.27. The zero-order chi connectivity index (χ0) is 10.4. The number of ether oxygens (including phenoxy) is 1. The van der Waals surface area contributed by atoms with Gasteiger partial charge in [-0.1, -0.05) is 12.1 Å². The molecule has 1 unspecified atom stereocenters. The molecule has 1 aromatic carbocycles. The van der Waals surface area contributed by atoms with E-state index in [2.05, 4.69) is 0 Å². The van der Waals surface area contributed by atoms with Gasteiger partial charge in [0.05, 0.1) is 7.11 Å². The molecule has 2 N–H and O–H groups in total. The van der Waals surface area contributed by atoms with E-state index >= 15 is 0 Å². The molecule has 1 saturated carbocycles. The van der Waals surface area contributed by atoms with Crippen molar-refractivity contribution in [3.63, 3.8) is 0 Å². The zero-order valence-electron chi connectivity index (χ0n) is 7.76. The number of hydrogen-bond donors (Lipinski definition) is 1. The van der Waals surface area contributed by atoms with Crippen molar-refractivity contribution in [2.75, 3.05) is 7.11 Å². The third-order valence-electron chi connectivity index (χ3n) is 2.61. The van der Waals surface area contributed by atoms with Crippen LogP contribution >= 0.6 is 0 Å². The van der Waals surface area contributed by atoms with E-state index in [1.165, 1.54) is 7.11 Å². The molecule has 1 fully saturated rings. The van der Waals surface area contributed by atoms with Gasteiger partial charge in [0.25, 0.3) is 5.92 Å². The average Bonchev–Trinajstić information content (AvgIpc) is 2.68. The third-order valence-corrected chi connectivity index (χ3v) is 2.61. The molecule has 2 rings (SSSR count). The van der Waals surface area contributed by atoms with Crippen LogP contribution in [-0.4, -0.2) is 13.0 Å². The Bertz CT molecular complexity index is 367. The van der Waals surface area contributed by atoms with E-state index in [4.69, 9.17) is 10.5 Å². The molecule has 1 atom stereocenters. The van der Waals surface area contributed by atoms with E-state index in [9.17, 15) is 8.78 Å². The highest BCUT2D eigenvalue weighted by Crippen LogP contribution is 2.57. The largest absolute Gasteiger partial charge is 0.497 e. The normalized spacial score (nSPS) is 28.6. The van der Waals surface area contributed by atoms with Gasteiger partial charge in [0.1, 0.15) is 11.3 Å². The summed E-state index contributed by atoms with van der Waals surface area (Å²) in [5.74, 6) is -2.23. The molecule has 2 nitrogen and oxygen atoms in total. The van der Waals surface area contributed by atoms with Crippen molar-refractivity contribution < 1.29 is 13.5 Å². The summed E-state index contributed by atoms with van der Waals surface area (Å²) in [6, 6.07) is 6.52. The van der Waals surface area contributed by atoms with E-state index < -0.39 is 11.5 Å². The Morgan fingerprint density at radius 2 is 2.07 bits per heavy atom. The predicted octanol–water partition coefficient (Wildman–Crippen LogP) is 1.89. The summed E-state index contributed by atoms with van der Waals surface area (Å²) in [7, 11) is 1.49. The lowest BCUT2D eigenvalue weighted by atomic mass is 10.1. The van der Waals surface area contributed by atoms with E-state index in [1.807, 2.05) is 0 Å². The second-order valence-electron chi connectivity index (χ2n) is 3.58. The lowest BCUT2D eigenvalue weighted by Gasteiger charge is -2.11. The summed E-state index contributed by atoms with van der Waals surface area (Å²) < 4.78 is 30.8. The Morgan fingerprint density at radius 1 is 1.43 bits per heavy atom. The zero-order valence-corrected chi connectivity index (χ0v) is 7.76. The maximum atomic E-state index is 12.9. The first-order valence-corrected chi connectivity index (χ1v) is 4.31. The third kappa shape index (κ3) is 1.18. The Morgan fingerprint density at radius 3 is 2.57 bits per heavy atom. The first-order valence-electron chi connectivity index (χ1n) is 4.31. The number of halogens is 2. The van der Waals surface area contributed by atoms with Crippen molar-refractivity contribution in [3.05, 3.63) is 29.8 Å². The Hall–Kier alpha value is -1.16. The summed E-state index contributed by atoms with van der Waals surface area (Å²) in [5, 5.41) is 0. The van der Waals surface area contributed by atoms with Gasteiger partial charge >= 0.3 is 0 Å².